The van der Waals surface area contributed by atoms with Crippen molar-refractivity contribution in [2.45, 2.75) is 19.9 Å². The number of halogens is 1. The van der Waals surface area contributed by atoms with Gasteiger partial charge in [0.1, 0.15) is 0 Å². The molecule has 3 rings (SSSR count). The number of thiophene rings is 1. The molecule has 110 valence electrons. The highest BCUT2D eigenvalue weighted by molar-refractivity contribution is 9.10. The van der Waals surface area contributed by atoms with Crippen LogP contribution in [0.3, 0.4) is 0 Å². The summed E-state index contributed by atoms with van der Waals surface area (Å²) in [6.45, 7) is 5.08. The third-order valence-corrected chi connectivity index (χ3v) is 5.15. The van der Waals surface area contributed by atoms with Gasteiger partial charge in [0.15, 0.2) is 0 Å². The second-order valence-electron chi connectivity index (χ2n) is 4.94. The fourth-order valence-corrected chi connectivity index (χ4v) is 4.01. The van der Waals surface area contributed by atoms with E-state index < -0.39 is 0 Å². The van der Waals surface area contributed by atoms with Gasteiger partial charge in [-0.25, -0.2) is 4.79 Å². The Kier molecular flexibility index (Phi) is 4.01. The molecule has 2 aromatic heterocycles. The molecule has 0 amide bonds. The van der Waals surface area contributed by atoms with Crippen LogP contribution < -0.4 is 11.0 Å². The number of fused-ring (bicyclic) bond motifs is 1. The molecular weight excluding hydrogens is 350 g/mol. The lowest BCUT2D eigenvalue weighted by atomic mass is 10.0. The summed E-state index contributed by atoms with van der Waals surface area (Å²) >= 11 is 5.42. The van der Waals surface area contributed by atoms with Crippen molar-refractivity contribution in [2.24, 2.45) is 0 Å². The van der Waals surface area contributed by atoms with Gasteiger partial charge in [0.25, 0.3) is 0 Å². The zero-order chi connectivity index (χ0) is 15.0. The number of benzene rings is 1. The molecule has 0 radical (unpaired) electrons. The maximum atomic E-state index is 11.4. The van der Waals surface area contributed by atoms with Crippen LogP contribution in [-0.4, -0.2) is 16.5 Å². The topological polar surface area (TPSA) is 60.7 Å². The van der Waals surface area contributed by atoms with E-state index in [4.69, 9.17) is 0 Å². The quantitative estimate of drug-likeness (QED) is 0.660. The summed E-state index contributed by atoms with van der Waals surface area (Å²) in [5.74, 6) is 0. The molecule has 1 aromatic carbocycles. The van der Waals surface area contributed by atoms with Gasteiger partial charge in [0.05, 0.1) is 17.1 Å². The van der Waals surface area contributed by atoms with E-state index in [0.717, 1.165) is 27.6 Å². The van der Waals surface area contributed by atoms with E-state index in [1.165, 1.54) is 9.75 Å². The largest absolute Gasteiger partial charge is 0.323 e. The SMILES string of the molecule is CCNC(c1ccc(C)s1)c1cc2[nH]c(=O)[nH]c2cc1Br. The van der Waals surface area contributed by atoms with Gasteiger partial charge in [0.2, 0.25) is 0 Å². The van der Waals surface area contributed by atoms with Crippen LogP contribution >= 0.6 is 27.3 Å². The lowest BCUT2D eigenvalue weighted by molar-refractivity contribution is 0.638. The maximum absolute atomic E-state index is 11.4. The maximum Gasteiger partial charge on any atom is 0.323 e. The van der Waals surface area contributed by atoms with Crippen LogP contribution in [0.4, 0.5) is 0 Å². The zero-order valence-corrected chi connectivity index (χ0v) is 14.2. The average molecular weight is 366 g/mol. The summed E-state index contributed by atoms with van der Waals surface area (Å²) in [6.07, 6.45) is 0. The fraction of sp³-hybridized carbons (Fsp3) is 0.267. The number of hydrogen-bond donors (Lipinski definition) is 3. The molecule has 1 atom stereocenters. The van der Waals surface area contributed by atoms with E-state index in [-0.39, 0.29) is 11.7 Å². The number of imidazole rings is 1. The first kappa shape index (κ1) is 14.6. The number of aryl methyl sites for hydroxylation is 1. The van der Waals surface area contributed by atoms with Crippen molar-refractivity contribution < 1.29 is 0 Å². The lowest BCUT2D eigenvalue weighted by Crippen LogP contribution is -2.21. The normalized spacial score (nSPS) is 12.9. The summed E-state index contributed by atoms with van der Waals surface area (Å²) in [5, 5.41) is 3.52. The summed E-state index contributed by atoms with van der Waals surface area (Å²) in [4.78, 5) is 19.6. The molecular formula is C15H16BrN3OS. The summed E-state index contributed by atoms with van der Waals surface area (Å²) in [7, 11) is 0. The Morgan fingerprint density at radius 3 is 2.62 bits per heavy atom. The molecule has 3 aromatic rings. The average Bonchev–Trinajstić information content (AvgIpc) is 3.00. The van der Waals surface area contributed by atoms with Gasteiger partial charge in [0, 0.05) is 14.2 Å². The number of rotatable bonds is 4. The van der Waals surface area contributed by atoms with E-state index in [1.54, 1.807) is 11.3 Å². The molecule has 0 aliphatic carbocycles. The fourth-order valence-electron chi connectivity index (χ4n) is 2.47. The predicted octanol–water partition coefficient (Wildman–Crippen LogP) is 3.69. The first-order valence-electron chi connectivity index (χ1n) is 6.79. The van der Waals surface area contributed by atoms with Gasteiger partial charge in [-0.15, -0.1) is 11.3 Å². The van der Waals surface area contributed by atoms with Gasteiger partial charge in [-0.3, -0.25) is 0 Å². The van der Waals surface area contributed by atoms with E-state index in [1.807, 2.05) is 12.1 Å². The number of H-pyrrole nitrogens is 2. The molecule has 0 aliphatic rings. The van der Waals surface area contributed by atoms with Gasteiger partial charge in [-0.05, 0) is 43.3 Å². The van der Waals surface area contributed by atoms with Crippen molar-refractivity contribution in [1.29, 1.82) is 0 Å². The highest BCUT2D eigenvalue weighted by Crippen LogP contribution is 2.34. The minimum Gasteiger partial charge on any atom is -0.306 e. The van der Waals surface area contributed by atoms with Crippen molar-refractivity contribution in [3.05, 3.63) is 54.5 Å². The highest BCUT2D eigenvalue weighted by Gasteiger charge is 2.18. The Morgan fingerprint density at radius 1 is 1.29 bits per heavy atom. The minimum atomic E-state index is -0.180. The van der Waals surface area contributed by atoms with E-state index in [0.29, 0.717) is 0 Å². The van der Waals surface area contributed by atoms with Gasteiger partial charge >= 0.3 is 5.69 Å². The molecule has 2 heterocycles. The Balaban J connectivity index is 2.14. The van der Waals surface area contributed by atoms with Crippen molar-refractivity contribution in [1.82, 2.24) is 15.3 Å². The van der Waals surface area contributed by atoms with Crippen LogP contribution in [0.1, 0.15) is 28.3 Å². The molecule has 0 saturated carbocycles. The molecule has 4 nitrogen and oxygen atoms in total. The molecule has 0 aliphatic heterocycles. The molecule has 21 heavy (non-hydrogen) atoms. The molecule has 3 N–H and O–H groups in total. The first-order valence-corrected chi connectivity index (χ1v) is 8.40. The second-order valence-corrected chi connectivity index (χ2v) is 7.11. The van der Waals surface area contributed by atoms with Crippen LogP contribution in [0.15, 0.2) is 33.5 Å². The number of aromatic amines is 2. The number of hydrogen-bond acceptors (Lipinski definition) is 3. The number of aromatic nitrogens is 2. The predicted molar refractivity (Wildman–Crippen MR) is 91.2 cm³/mol. The standard InChI is InChI=1S/C15H16BrN3OS/c1-3-17-14(13-5-4-8(2)21-13)9-6-11-12(7-10(9)16)19-15(20)18-11/h4-7,14,17H,3H2,1-2H3,(H2,18,19,20). The zero-order valence-electron chi connectivity index (χ0n) is 11.8. The molecule has 0 saturated heterocycles. The van der Waals surface area contributed by atoms with Gasteiger partial charge in [-0.2, -0.15) is 0 Å². The van der Waals surface area contributed by atoms with Crippen LogP contribution in [0.5, 0.6) is 0 Å². The summed E-state index contributed by atoms with van der Waals surface area (Å²) < 4.78 is 0.988. The Morgan fingerprint density at radius 2 is 2.00 bits per heavy atom. The summed E-state index contributed by atoms with van der Waals surface area (Å²) in [6, 6.07) is 8.39. The highest BCUT2D eigenvalue weighted by atomic mass is 79.9. The van der Waals surface area contributed by atoms with Crippen LogP contribution in [0.2, 0.25) is 0 Å². The minimum absolute atomic E-state index is 0.117. The molecule has 1 unspecified atom stereocenters. The monoisotopic (exact) mass is 365 g/mol. The Bertz CT molecular complexity index is 833. The third kappa shape index (κ3) is 2.84. The van der Waals surface area contributed by atoms with Crippen molar-refractivity contribution in [3.8, 4) is 0 Å². The van der Waals surface area contributed by atoms with E-state index >= 15 is 0 Å². The molecule has 0 bridgehead atoms. The first-order chi connectivity index (χ1) is 10.1. The van der Waals surface area contributed by atoms with Crippen LogP contribution in [-0.2, 0) is 0 Å². The van der Waals surface area contributed by atoms with E-state index in [2.05, 4.69) is 57.2 Å². The Hall–Kier alpha value is -1.37. The van der Waals surface area contributed by atoms with Crippen LogP contribution in [0, 0.1) is 6.92 Å². The van der Waals surface area contributed by atoms with Crippen LogP contribution in [0.25, 0.3) is 11.0 Å². The van der Waals surface area contributed by atoms with Gasteiger partial charge < -0.3 is 15.3 Å². The Labute approximate surface area is 134 Å². The number of nitrogens with one attached hydrogen (secondary N) is 3. The lowest BCUT2D eigenvalue weighted by Gasteiger charge is -2.18. The summed E-state index contributed by atoms with van der Waals surface area (Å²) in [5.41, 5.74) is 2.59. The van der Waals surface area contributed by atoms with Crippen molar-refractivity contribution in [2.75, 3.05) is 6.54 Å². The molecule has 0 fully saturated rings. The van der Waals surface area contributed by atoms with Crippen molar-refractivity contribution in [3.63, 3.8) is 0 Å². The second kappa shape index (κ2) is 5.79. The van der Waals surface area contributed by atoms with E-state index in [9.17, 15) is 4.79 Å². The van der Waals surface area contributed by atoms with Gasteiger partial charge in [-0.1, -0.05) is 22.9 Å². The molecule has 0 spiro atoms. The smallest absolute Gasteiger partial charge is 0.306 e. The third-order valence-electron chi connectivity index (χ3n) is 3.40. The van der Waals surface area contributed by atoms with Crippen molar-refractivity contribution >= 4 is 38.3 Å². The molecule has 6 heteroatoms.